The molecule has 1 aromatic rings. The summed E-state index contributed by atoms with van der Waals surface area (Å²) in [5.41, 5.74) is 3.02. The van der Waals surface area contributed by atoms with Gasteiger partial charge < -0.3 is 5.32 Å². The van der Waals surface area contributed by atoms with Crippen molar-refractivity contribution in [1.82, 2.24) is 4.72 Å². The van der Waals surface area contributed by atoms with Crippen molar-refractivity contribution in [3.63, 3.8) is 0 Å². The maximum Gasteiger partial charge on any atom is 0.0985 e. The molecule has 78 valence electrons. The lowest BCUT2D eigenvalue weighted by atomic mass is 10.1. The third kappa shape index (κ3) is 1.48. The predicted molar refractivity (Wildman–Crippen MR) is 58.7 cm³/mol. The highest BCUT2D eigenvalue weighted by Gasteiger charge is 2.23. The summed E-state index contributed by atoms with van der Waals surface area (Å²) >= 11 is 0. The van der Waals surface area contributed by atoms with Gasteiger partial charge in [-0.05, 0) is 37.1 Å². The third-order valence-corrected chi connectivity index (χ3v) is 3.95. The Kier molecular flexibility index (Phi) is 2.19. The predicted octanol–water partition coefficient (Wildman–Crippen LogP) is 2.30. The second-order valence-electron chi connectivity index (χ2n) is 3.48. The van der Waals surface area contributed by atoms with Gasteiger partial charge in [0.05, 0.1) is 17.3 Å². The van der Waals surface area contributed by atoms with Gasteiger partial charge in [0.2, 0.25) is 0 Å². The third-order valence-electron chi connectivity index (χ3n) is 2.45. The number of fused-ring (bicyclic) bond motifs is 1. The molecule has 0 spiro atoms. The number of aryl methyl sites for hydroxylation is 2. The Morgan fingerprint density at radius 1 is 1.21 bits per heavy atom. The molecule has 0 amide bonds. The Bertz CT molecular complexity index is 379. The molecule has 5 heteroatoms. The Hall–Kier alpha value is -0.750. The van der Waals surface area contributed by atoms with Gasteiger partial charge in [0, 0.05) is 0 Å². The van der Waals surface area contributed by atoms with Crippen molar-refractivity contribution in [2.45, 2.75) is 18.7 Å². The van der Waals surface area contributed by atoms with Crippen LogP contribution in [0.3, 0.4) is 0 Å². The number of hydrogen-bond donors (Lipinski definition) is 4. The summed E-state index contributed by atoms with van der Waals surface area (Å²) in [6.45, 7) is 4.35. The first-order chi connectivity index (χ1) is 6.50. The first-order valence-electron chi connectivity index (χ1n) is 4.39. The molecular weight excluding hydrogens is 200 g/mol. The molecule has 1 aliphatic heterocycles. The molecule has 0 bridgehead atoms. The van der Waals surface area contributed by atoms with Gasteiger partial charge in [0.15, 0.2) is 0 Å². The number of anilines is 1. The van der Waals surface area contributed by atoms with E-state index in [1.54, 1.807) is 0 Å². The van der Waals surface area contributed by atoms with Gasteiger partial charge in [0.25, 0.3) is 0 Å². The molecule has 0 saturated carbocycles. The summed E-state index contributed by atoms with van der Waals surface area (Å²) in [5.74, 6) is 0. The SMILES string of the molecule is Cc1cc2c(cc1C)S(O)(O)NCN2. The maximum atomic E-state index is 9.73. The lowest BCUT2D eigenvalue weighted by Crippen LogP contribution is -2.31. The zero-order chi connectivity index (χ0) is 10.3. The minimum Gasteiger partial charge on any atom is -0.370 e. The molecule has 1 heterocycles. The smallest absolute Gasteiger partial charge is 0.0985 e. The van der Waals surface area contributed by atoms with Crippen LogP contribution < -0.4 is 10.0 Å². The van der Waals surface area contributed by atoms with E-state index in [-0.39, 0.29) is 0 Å². The molecule has 1 aromatic carbocycles. The first-order valence-corrected chi connectivity index (χ1v) is 5.93. The molecule has 4 nitrogen and oxygen atoms in total. The van der Waals surface area contributed by atoms with Gasteiger partial charge in [0.1, 0.15) is 0 Å². The highest BCUT2D eigenvalue weighted by Crippen LogP contribution is 2.50. The number of benzene rings is 1. The van der Waals surface area contributed by atoms with E-state index in [1.165, 1.54) is 0 Å². The van der Waals surface area contributed by atoms with Gasteiger partial charge in [-0.2, -0.15) is 4.72 Å². The zero-order valence-electron chi connectivity index (χ0n) is 8.16. The molecular formula is C9H14N2O2S. The van der Waals surface area contributed by atoms with Crippen molar-refractivity contribution >= 4 is 16.5 Å². The van der Waals surface area contributed by atoms with E-state index >= 15 is 0 Å². The second-order valence-corrected chi connectivity index (χ2v) is 5.31. The van der Waals surface area contributed by atoms with Crippen molar-refractivity contribution < 1.29 is 9.11 Å². The van der Waals surface area contributed by atoms with Crippen molar-refractivity contribution in [2.24, 2.45) is 0 Å². The van der Waals surface area contributed by atoms with Crippen LogP contribution in [0.15, 0.2) is 17.0 Å². The Morgan fingerprint density at radius 3 is 2.57 bits per heavy atom. The van der Waals surface area contributed by atoms with Crippen LogP contribution in [0.2, 0.25) is 0 Å². The maximum absolute atomic E-state index is 9.73. The van der Waals surface area contributed by atoms with Crippen LogP contribution in [0, 0.1) is 13.8 Å². The van der Waals surface area contributed by atoms with E-state index in [4.69, 9.17) is 0 Å². The topological polar surface area (TPSA) is 64.5 Å². The molecule has 0 aliphatic carbocycles. The standard InChI is InChI=1S/C9H14N2O2S/c1-6-3-8-9(4-7(6)2)14(12,13)11-5-10-8/h3-4,10-13H,5H2,1-2H3. The summed E-state index contributed by atoms with van der Waals surface area (Å²) in [6.07, 6.45) is 0. The summed E-state index contributed by atoms with van der Waals surface area (Å²) in [5, 5.41) is 3.08. The van der Waals surface area contributed by atoms with Gasteiger partial charge in [-0.1, -0.05) is 0 Å². The van der Waals surface area contributed by atoms with Crippen LogP contribution in [-0.4, -0.2) is 15.8 Å². The van der Waals surface area contributed by atoms with E-state index in [1.807, 2.05) is 26.0 Å². The van der Waals surface area contributed by atoms with Crippen LogP contribution in [0.25, 0.3) is 0 Å². The lowest BCUT2D eigenvalue weighted by Gasteiger charge is -2.39. The van der Waals surface area contributed by atoms with E-state index in [9.17, 15) is 9.11 Å². The van der Waals surface area contributed by atoms with Crippen LogP contribution in [0.4, 0.5) is 5.69 Å². The molecule has 14 heavy (non-hydrogen) atoms. The monoisotopic (exact) mass is 214 g/mol. The van der Waals surface area contributed by atoms with Gasteiger partial charge in [-0.3, -0.25) is 9.11 Å². The van der Waals surface area contributed by atoms with Crippen LogP contribution in [0.5, 0.6) is 0 Å². The lowest BCUT2D eigenvalue weighted by molar-refractivity contribution is 0.469. The Morgan fingerprint density at radius 2 is 1.86 bits per heavy atom. The summed E-state index contributed by atoms with van der Waals surface area (Å²) in [4.78, 5) is 0.562. The van der Waals surface area contributed by atoms with Gasteiger partial charge >= 0.3 is 0 Å². The molecule has 0 saturated heterocycles. The average Bonchev–Trinajstić information content (AvgIpc) is 2.08. The summed E-state index contributed by atoms with van der Waals surface area (Å²) in [7, 11) is -2.79. The summed E-state index contributed by atoms with van der Waals surface area (Å²) < 4.78 is 22.1. The molecule has 0 atom stereocenters. The molecule has 0 radical (unpaired) electrons. The number of hydrogen-bond acceptors (Lipinski definition) is 4. The van der Waals surface area contributed by atoms with E-state index in [0.717, 1.165) is 16.8 Å². The van der Waals surface area contributed by atoms with E-state index in [2.05, 4.69) is 10.0 Å². The van der Waals surface area contributed by atoms with Gasteiger partial charge in [-0.25, -0.2) is 0 Å². The average molecular weight is 214 g/mol. The second kappa shape index (κ2) is 3.13. The van der Waals surface area contributed by atoms with E-state index in [0.29, 0.717) is 11.6 Å². The summed E-state index contributed by atoms with van der Waals surface area (Å²) in [6, 6.07) is 3.76. The fourth-order valence-corrected chi connectivity index (χ4v) is 2.68. The van der Waals surface area contributed by atoms with Crippen molar-refractivity contribution in [1.29, 1.82) is 0 Å². The van der Waals surface area contributed by atoms with E-state index < -0.39 is 10.8 Å². The normalized spacial score (nSPS) is 20.9. The Labute approximate surface area is 84.8 Å². The highest BCUT2D eigenvalue weighted by atomic mass is 32.3. The molecule has 4 N–H and O–H groups in total. The van der Waals surface area contributed by atoms with Crippen molar-refractivity contribution in [3.8, 4) is 0 Å². The highest BCUT2D eigenvalue weighted by molar-refractivity contribution is 8.22. The number of nitrogens with one attached hydrogen (secondary N) is 2. The molecule has 0 aromatic heterocycles. The fraction of sp³-hybridized carbons (Fsp3) is 0.333. The quantitative estimate of drug-likeness (QED) is 0.535. The molecule has 0 fully saturated rings. The Balaban J connectivity index is 2.59. The minimum absolute atomic E-state index is 0.387. The van der Waals surface area contributed by atoms with Crippen LogP contribution in [0.1, 0.15) is 11.1 Å². The largest absolute Gasteiger partial charge is 0.370 e. The van der Waals surface area contributed by atoms with Crippen LogP contribution in [-0.2, 0) is 0 Å². The fourth-order valence-electron chi connectivity index (χ4n) is 1.47. The zero-order valence-corrected chi connectivity index (χ0v) is 8.98. The van der Waals surface area contributed by atoms with Crippen molar-refractivity contribution in [3.05, 3.63) is 23.3 Å². The molecule has 1 aliphatic rings. The van der Waals surface area contributed by atoms with Crippen molar-refractivity contribution in [2.75, 3.05) is 12.0 Å². The van der Waals surface area contributed by atoms with Crippen LogP contribution >= 0.6 is 10.8 Å². The molecule has 2 rings (SSSR count). The van der Waals surface area contributed by atoms with Gasteiger partial charge in [-0.15, -0.1) is 10.8 Å². The minimum atomic E-state index is -2.79. The first kappa shape index (κ1) is 9.79. The molecule has 0 unspecified atom stereocenters. The number of rotatable bonds is 0.